The van der Waals surface area contributed by atoms with Gasteiger partial charge < -0.3 is 44.7 Å². The van der Waals surface area contributed by atoms with Crippen molar-refractivity contribution in [1.82, 2.24) is 31.2 Å². The van der Waals surface area contributed by atoms with Crippen LogP contribution in [0.2, 0.25) is 0 Å². The number of amides is 2. The summed E-state index contributed by atoms with van der Waals surface area (Å²) in [6.07, 6.45) is 4.58. The summed E-state index contributed by atoms with van der Waals surface area (Å²) in [5, 5.41) is 38.7. The summed E-state index contributed by atoms with van der Waals surface area (Å²) in [5.74, 6) is 1.73. The number of rotatable bonds is 12. The smallest absolute Gasteiger partial charge is 0.274 e. The Kier molecular flexibility index (Phi) is 12.4. The molecule has 6 heterocycles. The number of aromatic hydroxyl groups is 2. The first-order valence-electron chi connectivity index (χ1n) is 23.4. The standard InChI is InChI=1S/C27H31N3O4.C26H29N3O4/c1-6-28-27(31)25-24(15-7-8-16-18(11-15)21-10-9-20(16)29-21)26(34-30-25)19-12-17(14(2)3)22(32-4)13-23(19)33-5;1-5-27-26(32)24-23(14-6-7-15-17(10-14)20-9-8-19(15)29(20)4)25(33-28-24)18-11-16(13(2)3)21(30)12-22(18)31/h7-8,11-14,20-21,29H,6,9-10H2,1-5H3,(H,28,31);6-7,10-13,19-20,30-31H,5,8-9H2,1-4H3,(H,27,32). The van der Waals surface area contributed by atoms with E-state index in [0.29, 0.717) is 76.8 Å². The molecule has 2 aromatic heterocycles. The van der Waals surface area contributed by atoms with E-state index in [1.165, 1.54) is 34.7 Å². The number of nitrogens with zero attached hydrogens (tertiary/aromatic N) is 3. The number of ether oxygens (including phenoxy) is 2. The van der Waals surface area contributed by atoms with Gasteiger partial charge in [0.05, 0.1) is 36.5 Å². The van der Waals surface area contributed by atoms with Crippen molar-refractivity contribution in [1.29, 1.82) is 0 Å². The normalized spacial score (nSPS) is 18.8. The SMILES string of the molecule is CCNC(=O)c1noc(-c2cc(C(C)C)c(O)cc2O)c1-c1ccc2c(c1)C1CCC2N1C.CCNC(=O)c1noc(-c2cc(C(C)C)c(OC)cc2OC)c1-c1ccc2c(c1)C1CCC2N1. The van der Waals surface area contributed by atoms with Crippen LogP contribution in [0.25, 0.3) is 44.9 Å². The van der Waals surface area contributed by atoms with Gasteiger partial charge in [0.2, 0.25) is 0 Å². The summed E-state index contributed by atoms with van der Waals surface area (Å²) in [6.45, 7) is 12.8. The van der Waals surface area contributed by atoms with Crippen molar-refractivity contribution in [2.45, 2.75) is 103 Å². The molecule has 10 rings (SSSR count). The molecule has 4 bridgehead atoms. The van der Waals surface area contributed by atoms with E-state index in [-0.39, 0.29) is 46.5 Å². The van der Waals surface area contributed by atoms with Crippen LogP contribution in [0.1, 0.15) is 158 Å². The Morgan fingerprint density at radius 2 is 1.19 bits per heavy atom. The van der Waals surface area contributed by atoms with Gasteiger partial charge in [0.15, 0.2) is 22.9 Å². The zero-order valence-corrected chi connectivity index (χ0v) is 39.7. The molecule has 5 N–H and O–H groups in total. The first-order chi connectivity index (χ1) is 32.3. The molecule has 0 aliphatic carbocycles. The Hall–Kier alpha value is -6.64. The molecule has 6 aromatic rings. The molecule has 4 aliphatic rings. The summed E-state index contributed by atoms with van der Waals surface area (Å²) < 4.78 is 22.9. The van der Waals surface area contributed by atoms with Gasteiger partial charge in [-0.2, -0.15) is 0 Å². The average molecular weight is 909 g/mol. The van der Waals surface area contributed by atoms with Crippen molar-refractivity contribution in [3.05, 3.63) is 105 Å². The molecular formula is C53H60N6O8. The Labute approximate surface area is 391 Å². The van der Waals surface area contributed by atoms with Crippen LogP contribution in [0.5, 0.6) is 23.0 Å². The topological polar surface area (TPSA) is 184 Å². The maximum absolute atomic E-state index is 13.0. The highest BCUT2D eigenvalue weighted by molar-refractivity contribution is 6.04. The largest absolute Gasteiger partial charge is 0.508 e. The summed E-state index contributed by atoms with van der Waals surface area (Å²) in [7, 11) is 5.43. The zero-order valence-electron chi connectivity index (χ0n) is 39.7. The number of methoxy groups -OCH3 is 2. The second kappa shape index (κ2) is 18.2. The molecule has 0 saturated carbocycles. The van der Waals surface area contributed by atoms with Crippen molar-refractivity contribution in [3.63, 3.8) is 0 Å². The number of carbonyl (C=O) groups excluding carboxylic acids is 2. The third-order valence-electron chi connectivity index (χ3n) is 14.0. The fourth-order valence-electron chi connectivity index (χ4n) is 10.7. The van der Waals surface area contributed by atoms with Crippen LogP contribution in [-0.2, 0) is 0 Å². The second-order valence-electron chi connectivity index (χ2n) is 18.5. The van der Waals surface area contributed by atoms with E-state index < -0.39 is 0 Å². The maximum atomic E-state index is 13.0. The molecule has 0 spiro atoms. The predicted molar refractivity (Wildman–Crippen MR) is 256 cm³/mol. The predicted octanol–water partition coefficient (Wildman–Crippen LogP) is 10.5. The number of carbonyl (C=O) groups is 2. The lowest BCUT2D eigenvalue weighted by molar-refractivity contribution is 0.0939. The van der Waals surface area contributed by atoms with Crippen molar-refractivity contribution in [2.24, 2.45) is 0 Å². The molecule has 67 heavy (non-hydrogen) atoms. The van der Waals surface area contributed by atoms with Gasteiger partial charge in [-0.1, -0.05) is 62.3 Å². The number of phenols is 2. The van der Waals surface area contributed by atoms with E-state index in [0.717, 1.165) is 47.3 Å². The molecule has 0 radical (unpaired) electrons. The van der Waals surface area contributed by atoms with Gasteiger partial charge in [-0.05, 0) is 127 Å². The van der Waals surface area contributed by atoms with Crippen LogP contribution < -0.4 is 25.4 Å². The highest BCUT2D eigenvalue weighted by Crippen LogP contribution is 2.54. The lowest BCUT2D eigenvalue weighted by Crippen LogP contribution is -2.23. The molecule has 2 fully saturated rings. The third kappa shape index (κ3) is 7.89. The number of fused-ring (bicyclic) bond motifs is 10. The minimum atomic E-state index is -0.330. The molecule has 14 heteroatoms. The van der Waals surface area contributed by atoms with Gasteiger partial charge >= 0.3 is 0 Å². The first-order valence-corrected chi connectivity index (χ1v) is 23.4. The van der Waals surface area contributed by atoms with E-state index in [2.05, 4.69) is 82.4 Å². The minimum Gasteiger partial charge on any atom is -0.508 e. The molecule has 4 aliphatic heterocycles. The van der Waals surface area contributed by atoms with Crippen molar-refractivity contribution < 1.29 is 38.3 Å². The van der Waals surface area contributed by atoms with E-state index in [4.69, 9.17) is 18.5 Å². The number of nitrogens with one attached hydrogen (secondary N) is 3. The van der Waals surface area contributed by atoms with Crippen LogP contribution in [0, 0.1) is 0 Å². The molecular weight excluding hydrogens is 849 g/mol. The fraction of sp³-hybridized carbons (Fsp3) is 0.396. The van der Waals surface area contributed by atoms with Gasteiger partial charge in [-0.25, -0.2) is 0 Å². The Morgan fingerprint density at radius 3 is 1.76 bits per heavy atom. The van der Waals surface area contributed by atoms with E-state index in [1.807, 2.05) is 45.9 Å². The molecule has 350 valence electrons. The van der Waals surface area contributed by atoms with E-state index >= 15 is 0 Å². The van der Waals surface area contributed by atoms with Gasteiger partial charge in [0, 0.05) is 49.4 Å². The van der Waals surface area contributed by atoms with Crippen molar-refractivity contribution in [2.75, 3.05) is 34.4 Å². The van der Waals surface area contributed by atoms with Crippen LogP contribution in [-0.4, -0.2) is 71.6 Å². The monoisotopic (exact) mass is 908 g/mol. The average Bonchev–Trinajstić information content (AvgIpc) is 4.20. The van der Waals surface area contributed by atoms with Crippen molar-refractivity contribution >= 4 is 11.8 Å². The number of hydrogen-bond donors (Lipinski definition) is 5. The maximum Gasteiger partial charge on any atom is 0.274 e. The summed E-state index contributed by atoms with van der Waals surface area (Å²) in [6, 6.07) is 21.2. The highest BCUT2D eigenvalue weighted by Gasteiger charge is 2.42. The summed E-state index contributed by atoms with van der Waals surface area (Å²) in [5.41, 5.74) is 11.5. The number of benzene rings is 4. The molecule has 4 aromatic carbocycles. The van der Waals surface area contributed by atoms with Gasteiger partial charge in [0.1, 0.15) is 23.0 Å². The highest BCUT2D eigenvalue weighted by atomic mass is 16.5. The Balaban J connectivity index is 0.000000168. The zero-order chi connectivity index (χ0) is 47.4. The summed E-state index contributed by atoms with van der Waals surface area (Å²) >= 11 is 0. The van der Waals surface area contributed by atoms with Crippen LogP contribution in [0.3, 0.4) is 0 Å². The lowest BCUT2D eigenvalue weighted by Gasteiger charge is -2.17. The van der Waals surface area contributed by atoms with Gasteiger partial charge in [0.25, 0.3) is 11.8 Å². The molecule has 4 atom stereocenters. The fourth-order valence-corrected chi connectivity index (χ4v) is 10.7. The Bertz CT molecular complexity index is 2880. The lowest BCUT2D eigenvalue weighted by atomic mass is 9.88. The van der Waals surface area contributed by atoms with Crippen LogP contribution in [0.4, 0.5) is 0 Å². The molecule has 4 unspecified atom stereocenters. The Morgan fingerprint density at radius 1 is 0.672 bits per heavy atom. The second-order valence-corrected chi connectivity index (χ2v) is 18.5. The van der Waals surface area contributed by atoms with Crippen LogP contribution >= 0.6 is 0 Å². The van der Waals surface area contributed by atoms with Crippen molar-refractivity contribution in [3.8, 4) is 67.9 Å². The van der Waals surface area contributed by atoms with Gasteiger partial charge in [-0.15, -0.1) is 0 Å². The molecule has 2 saturated heterocycles. The first kappa shape index (κ1) is 45.5. The van der Waals surface area contributed by atoms with E-state index in [1.54, 1.807) is 20.3 Å². The number of phenolic OH excluding ortho intramolecular Hbond substituents is 2. The quantitative estimate of drug-likeness (QED) is 0.0784. The third-order valence-corrected chi connectivity index (χ3v) is 14.0. The van der Waals surface area contributed by atoms with Gasteiger partial charge in [-0.3, -0.25) is 14.5 Å². The summed E-state index contributed by atoms with van der Waals surface area (Å²) in [4.78, 5) is 28.3. The van der Waals surface area contributed by atoms with Crippen LogP contribution in [0.15, 0.2) is 69.7 Å². The van der Waals surface area contributed by atoms with E-state index in [9.17, 15) is 19.8 Å². The number of hydrogen-bond acceptors (Lipinski definition) is 12. The number of aromatic nitrogens is 2. The minimum absolute atomic E-state index is 0.0212. The molecule has 14 nitrogen and oxygen atoms in total. The molecule has 2 amide bonds.